The monoisotopic (exact) mass is 521 g/mol. The number of aryl methyl sites for hydroxylation is 1. The first-order valence-corrected chi connectivity index (χ1v) is 12.9. The van der Waals surface area contributed by atoms with E-state index in [1.54, 1.807) is 31.4 Å². The van der Waals surface area contributed by atoms with Crippen LogP contribution in [0.25, 0.3) is 6.08 Å². The van der Waals surface area contributed by atoms with Crippen molar-refractivity contribution in [2.24, 2.45) is 5.73 Å². The lowest BCUT2D eigenvalue weighted by atomic mass is 9.88. The van der Waals surface area contributed by atoms with Crippen molar-refractivity contribution in [2.75, 3.05) is 52.8 Å². The van der Waals surface area contributed by atoms with Crippen molar-refractivity contribution in [3.8, 4) is 0 Å². The summed E-state index contributed by atoms with van der Waals surface area (Å²) in [6.07, 6.45) is 9.20. The normalized spacial score (nSPS) is 16.0. The van der Waals surface area contributed by atoms with Gasteiger partial charge in [-0.1, -0.05) is 23.8 Å². The maximum atomic E-state index is 13.8. The molecule has 2 aromatic rings. The Kier molecular flexibility index (Phi) is 10.6. The molecular formula is C30H40FN5O2. The quantitative estimate of drug-likeness (QED) is 0.424. The lowest BCUT2D eigenvalue weighted by Crippen LogP contribution is -2.34. The number of piperidine rings is 1. The number of aromatic nitrogens is 1. The Hall–Kier alpha value is -3.49. The second-order valence-electron chi connectivity index (χ2n) is 9.99. The van der Waals surface area contributed by atoms with E-state index in [-0.39, 0.29) is 18.2 Å². The fraction of sp³-hybridized carbons (Fsp3) is 0.400. The Bertz CT molecular complexity index is 1180. The maximum absolute atomic E-state index is 13.8. The van der Waals surface area contributed by atoms with Gasteiger partial charge in [-0.2, -0.15) is 0 Å². The first-order chi connectivity index (χ1) is 18.2. The highest BCUT2D eigenvalue weighted by Gasteiger charge is 2.21. The number of allylic oxidation sites excluding steroid dienone is 1. The summed E-state index contributed by atoms with van der Waals surface area (Å²) in [5, 5.41) is 3.21. The third kappa shape index (κ3) is 8.00. The number of halogens is 1. The SMILES string of the molecule is COC/C(F)=C(N)\C=C/Nc1ccnc(C)c1/C=C(\C)CN1CCC(c2ccc(C(=O)N(C)C)cc2)CC1. The summed E-state index contributed by atoms with van der Waals surface area (Å²) in [7, 11) is 4.97. The van der Waals surface area contributed by atoms with Crippen LogP contribution in [0.15, 0.2) is 65.9 Å². The van der Waals surface area contributed by atoms with Gasteiger partial charge in [0.05, 0.1) is 5.70 Å². The second kappa shape index (κ2) is 13.9. The van der Waals surface area contributed by atoms with Crippen molar-refractivity contribution in [1.82, 2.24) is 14.8 Å². The Balaban J connectivity index is 1.60. The fourth-order valence-electron chi connectivity index (χ4n) is 4.63. The van der Waals surface area contributed by atoms with E-state index < -0.39 is 5.83 Å². The van der Waals surface area contributed by atoms with E-state index in [1.807, 2.05) is 25.1 Å². The van der Waals surface area contributed by atoms with Gasteiger partial charge in [-0.05, 0) is 75.5 Å². The van der Waals surface area contributed by atoms with Crippen LogP contribution in [0, 0.1) is 6.92 Å². The summed E-state index contributed by atoms with van der Waals surface area (Å²) < 4.78 is 18.5. The van der Waals surface area contributed by atoms with Gasteiger partial charge >= 0.3 is 0 Å². The van der Waals surface area contributed by atoms with Crippen molar-refractivity contribution in [2.45, 2.75) is 32.6 Å². The molecular weight excluding hydrogens is 481 g/mol. The van der Waals surface area contributed by atoms with Crippen LogP contribution < -0.4 is 11.1 Å². The number of nitrogens with two attached hydrogens (primary N) is 1. The number of benzene rings is 1. The van der Waals surface area contributed by atoms with Crippen LogP contribution in [0.2, 0.25) is 0 Å². The number of nitrogens with one attached hydrogen (secondary N) is 1. The highest BCUT2D eigenvalue weighted by atomic mass is 19.1. The molecule has 1 fully saturated rings. The summed E-state index contributed by atoms with van der Waals surface area (Å²) >= 11 is 0. The lowest BCUT2D eigenvalue weighted by molar-refractivity contribution is 0.0827. The molecule has 204 valence electrons. The number of hydrogen-bond acceptors (Lipinski definition) is 6. The van der Waals surface area contributed by atoms with E-state index in [9.17, 15) is 9.18 Å². The largest absolute Gasteiger partial charge is 0.397 e. The number of nitrogens with zero attached hydrogens (tertiary/aromatic N) is 3. The smallest absolute Gasteiger partial charge is 0.253 e. The van der Waals surface area contributed by atoms with Crippen LogP contribution in [0.3, 0.4) is 0 Å². The predicted octanol–water partition coefficient (Wildman–Crippen LogP) is 5.09. The van der Waals surface area contributed by atoms with Crippen molar-refractivity contribution in [3.05, 3.63) is 88.3 Å². The third-order valence-corrected chi connectivity index (χ3v) is 6.76. The average molecular weight is 522 g/mol. The standard InChI is InChI=1S/C30H40FN5O2/c1-21(18-26-22(2)33-15-11-29(26)34-14-10-28(32)27(31)20-38-5)19-36-16-12-24(13-17-36)23-6-8-25(9-7-23)30(37)35(3)4/h6-11,14-15,18,24H,12-13,16-17,19-20,32H2,1-5H3,(H,33,34)/b14-10-,21-18+,28-27-. The van der Waals surface area contributed by atoms with Gasteiger partial charge in [0.2, 0.25) is 0 Å². The molecule has 1 aromatic carbocycles. The minimum atomic E-state index is -0.507. The topological polar surface area (TPSA) is 83.7 Å². The highest BCUT2D eigenvalue weighted by molar-refractivity contribution is 5.93. The Morgan fingerprint density at radius 1 is 1.24 bits per heavy atom. The van der Waals surface area contributed by atoms with E-state index in [0.29, 0.717) is 5.92 Å². The molecule has 1 aliphatic heterocycles. The first kappa shape index (κ1) is 29.1. The number of carbonyl (C=O) groups excluding carboxylic acids is 1. The third-order valence-electron chi connectivity index (χ3n) is 6.76. The van der Waals surface area contributed by atoms with Crippen LogP contribution in [-0.2, 0) is 4.74 Å². The number of methoxy groups -OCH3 is 1. The number of rotatable bonds is 10. The van der Waals surface area contributed by atoms with Gasteiger partial charge in [0, 0.05) is 62.7 Å². The molecule has 1 amide bonds. The molecule has 2 heterocycles. The molecule has 38 heavy (non-hydrogen) atoms. The number of anilines is 1. The summed E-state index contributed by atoms with van der Waals surface area (Å²) in [5.41, 5.74) is 11.8. The van der Waals surface area contributed by atoms with Gasteiger partial charge in [0.1, 0.15) is 12.4 Å². The molecule has 1 aliphatic rings. The molecule has 1 aromatic heterocycles. The number of amides is 1. The fourth-order valence-corrected chi connectivity index (χ4v) is 4.63. The highest BCUT2D eigenvalue weighted by Crippen LogP contribution is 2.29. The molecule has 0 saturated carbocycles. The Morgan fingerprint density at radius 2 is 1.92 bits per heavy atom. The molecule has 0 aliphatic carbocycles. The minimum Gasteiger partial charge on any atom is -0.397 e. The van der Waals surface area contributed by atoms with Crippen molar-refractivity contribution in [3.63, 3.8) is 0 Å². The summed E-state index contributed by atoms with van der Waals surface area (Å²) in [6, 6.07) is 9.98. The lowest BCUT2D eigenvalue weighted by Gasteiger charge is -2.32. The van der Waals surface area contributed by atoms with Crippen molar-refractivity contribution in [1.29, 1.82) is 0 Å². The molecule has 1 saturated heterocycles. The molecule has 3 N–H and O–H groups in total. The number of pyridine rings is 1. The van der Waals surface area contributed by atoms with E-state index in [4.69, 9.17) is 10.5 Å². The average Bonchev–Trinajstić information content (AvgIpc) is 2.90. The summed E-state index contributed by atoms with van der Waals surface area (Å²) in [5.74, 6) is 0.0360. The van der Waals surface area contributed by atoms with Gasteiger partial charge < -0.3 is 20.7 Å². The molecule has 0 unspecified atom stereocenters. The zero-order chi connectivity index (χ0) is 27.7. The molecule has 0 bridgehead atoms. The van der Waals surface area contributed by atoms with E-state index in [2.05, 4.69) is 40.3 Å². The van der Waals surface area contributed by atoms with E-state index in [0.717, 1.165) is 55.0 Å². The number of ether oxygens (including phenoxy) is 1. The Labute approximate surface area is 225 Å². The van der Waals surface area contributed by atoms with Crippen LogP contribution >= 0.6 is 0 Å². The van der Waals surface area contributed by atoms with Crippen LogP contribution in [0.5, 0.6) is 0 Å². The van der Waals surface area contributed by atoms with Crippen molar-refractivity contribution >= 4 is 17.7 Å². The van der Waals surface area contributed by atoms with Crippen LogP contribution in [0.1, 0.15) is 52.9 Å². The molecule has 0 atom stereocenters. The molecule has 3 rings (SSSR count). The predicted molar refractivity (Wildman–Crippen MR) is 152 cm³/mol. The van der Waals surface area contributed by atoms with E-state index >= 15 is 0 Å². The molecule has 0 spiro atoms. The van der Waals surface area contributed by atoms with Gasteiger partial charge in [0.25, 0.3) is 5.91 Å². The van der Waals surface area contributed by atoms with Gasteiger partial charge in [0.15, 0.2) is 0 Å². The number of likely N-dealkylation sites (tertiary alicyclic amines) is 1. The summed E-state index contributed by atoms with van der Waals surface area (Å²) in [4.78, 5) is 20.7. The van der Waals surface area contributed by atoms with Crippen molar-refractivity contribution < 1.29 is 13.9 Å². The first-order valence-electron chi connectivity index (χ1n) is 12.9. The van der Waals surface area contributed by atoms with Crippen LogP contribution in [-0.4, -0.2) is 68.1 Å². The Morgan fingerprint density at radius 3 is 2.55 bits per heavy atom. The van der Waals surface area contributed by atoms with E-state index in [1.165, 1.54) is 24.3 Å². The van der Waals surface area contributed by atoms with Gasteiger partial charge in [-0.3, -0.25) is 14.7 Å². The second-order valence-corrected chi connectivity index (χ2v) is 9.99. The number of carbonyl (C=O) groups is 1. The molecule has 7 nitrogen and oxygen atoms in total. The van der Waals surface area contributed by atoms with Crippen LogP contribution in [0.4, 0.5) is 10.1 Å². The molecule has 0 radical (unpaired) electrons. The maximum Gasteiger partial charge on any atom is 0.253 e. The summed E-state index contributed by atoms with van der Waals surface area (Å²) in [6.45, 7) is 6.88. The molecule has 8 heteroatoms. The van der Waals surface area contributed by atoms with Gasteiger partial charge in [-0.15, -0.1) is 0 Å². The minimum absolute atomic E-state index is 0.0276. The number of hydrogen-bond donors (Lipinski definition) is 2. The zero-order valence-electron chi connectivity index (χ0n) is 23.1. The van der Waals surface area contributed by atoms with Gasteiger partial charge in [-0.25, -0.2) is 4.39 Å². The zero-order valence-corrected chi connectivity index (χ0v) is 23.1.